The first-order valence-corrected chi connectivity index (χ1v) is 10.1. The van der Waals surface area contributed by atoms with Crippen molar-refractivity contribution in [3.05, 3.63) is 76.2 Å². The number of rotatable bonds is 4. The van der Waals surface area contributed by atoms with Crippen molar-refractivity contribution in [2.75, 3.05) is 13.1 Å². The van der Waals surface area contributed by atoms with Crippen LogP contribution in [-0.2, 0) is 6.42 Å². The molecule has 30 heavy (non-hydrogen) atoms. The van der Waals surface area contributed by atoms with Crippen molar-refractivity contribution in [2.24, 2.45) is 5.73 Å². The van der Waals surface area contributed by atoms with Gasteiger partial charge in [0.15, 0.2) is 0 Å². The molecule has 1 fully saturated rings. The third-order valence-electron chi connectivity index (χ3n) is 5.87. The monoisotopic (exact) mass is 397 g/mol. The van der Waals surface area contributed by atoms with E-state index in [9.17, 15) is 10.1 Å². The fourth-order valence-electron chi connectivity index (χ4n) is 4.15. The molecule has 0 radical (unpaired) electrons. The SMILES string of the molecule is N#Cc1cccc(-n2ccc3c(C[C@@H](C#N)N4CCC(N)CC4)cccc3c2=O)c1. The van der Waals surface area contributed by atoms with Crippen LogP contribution in [0, 0.1) is 22.7 Å². The van der Waals surface area contributed by atoms with E-state index in [0.717, 1.165) is 36.9 Å². The quantitative estimate of drug-likeness (QED) is 0.730. The molecule has 150 valence electrons. The second-order valence-corrected chi connectivity index (χ2v) is 7.75. The van der Waals surface area contributed by atoms with Crippen molar-refractivity contribution in [3.8, 4) is 17.8 Å². The summed E-state index contributed by atoms with van der Waals surface area (Å²) in [5, 5.41) is 20.4. The Labute approximate surface area is 175 Å². The predicted molar refractivity (Wildman–Crippen MR) is 116 cm³/mol. The number of nitrogens with zero attached hydrogens (tertiary/aromatic N) is 4. The highest BCUT2D eigenvalue weighted by Crippen LogP contribution is 2.21. The number of likely N-dealkylation sites (tertiary alicyclic amines) is 1. The maximum Gasteiger partial charge on any atom is 0.262 e. The van der Waals surface area contributed by atoms with E-state index in [1.807, 2.05) is 30.3 Å². The van der Waals surface area contributed by atoms with Crippen LogP contribution in [0.4, 0.5) is 0 Å². The summed E-state index contributed by atoms with van der Waals surface area (Å²) >= 11 is 0. The molecule has 2 aromatic carbocycles. The van der Waals surface area contributed by atoms with Gasteiger partial charge in [-0.05, 0) is 54.1 Å². The summed E-state index contributed by atoms with van der Waals surface area (Å²) in [4.78, 5) is 15.4. The molecular formula is C24H23N5O. The van der Waals surface area contributed by atoms with E-state index in [4.69, 9.17) is 11.0 Å². The van der Waals surface area contributed by atoms with Gasteiger partial charge in [-0.25, -0.2) is 0 Å². The summed E-state index contributed by atoms with van der Waals surface area (Å²) in [6.07, 6.45) is 4.11. The Hall–Kier alpha value is -3.45. The molecular weight excluding hydrogens is 374 g/mol. The minimum absolute atomic E-state index is 0.137. The lowest BCUT2D eigenvalue weighted by atomic mass is 9.97. The summed E-state index contributed by atoms with van der Waals surface area (Å²) in [6, 6.07) is 19.1. The molecule has 0 spiro atoms. The Morgan fingerprint density at radius 2 is 1.83 bits per heavy atom. The number of nitriles is 2. The lowest BCUT2D eigenvalue weighted by molar-refractivity contribution is 0.181. The van der Waals surface area contributed by atoms with Crippen LogP contribution < -0.4 is 11.3 Å². The summed E-state index contributed by atoms with van der Waals surface area (Å²) in [7, 11) is 0. The second kappa shape index (κ2) is 8.51. The number of aromatic nitrogens is 1. The molecule has 0 bridgehead atoms. The van der Waals surface area contributed by atoms with Crippen LogP contribution in [-0.4, -0.2) is 34.6 Å². The van der Waals surface area contributed by atoms with Crippen molar-refractivity contribution in [1.29, 1.82) is 10.5 Å². The van der Waals surface area contributed by atoms with E-state index in [0.29, 0.717) is 23.1 Å². The zero-order valence-corrected chi connectivity index (χ0v) is 16.7. The molecule has 1 atom stereocenters. The fourth-order valence-corrected chi connectivity index (χ4v) is 4.15. The van der Waals surface area contributed by atoms with Crippen LogP contribution >= 0.6 is 0 Å². The molecule has 1 aliphatic heterocycles. The molecule has 2 N–H and O–H groups in total. The van der Waals surface area contributed by atoms with Gasteiger partial charge in [-0.2, -0.15) is 10.5 Å². The van der Waals surface area contributed by atoms with E-state index in [1.54, 1.807) is 29.0 Å². The van der Waals surface area contributed by atoms with Gasteiger partial charge < -0.3 is 5.73 Å². The molecule has 0 saturated carbocycles. The Balaban J connectivity index is 1.69. The Bertz CT molecular complexity index is 1210. The van der Waals surface area contributed by atoms with Crippen molar-refractivity contribution >= 4 is 10.8 Å². The maximum atomic E-state index is 13.2. The van der Waals surface area contributed by atoms with Gasteiger partial charge in [-0.1, -0.05) is 18.2 Å². The minimum Gasteiger partial charge on any atom is -0.328 e. The summed E-state index contributed by atoms with van der Waals surface area (Å²) in [6.45, 7) is 1.65. The van der Waals surface area contributed by atoms with Gasteiger partial charge in [-0.3, -0.25) is 14.3 Å². The van der Waals surface area contributed by atoms with Gasteiger partial charge in [0.1, 0.15) is 6.04 Å². The van der Waals surface area contributed by atoms with Gasteiger partial charge >= 0.3 is 0 Å². The van der Waals surface area contributed by atoms with Crippen LogP contribution in [0.15, 0.2) is 59.5 Å². The van der Waals surface area contributed by atoms with Crippen LogP contribution in [0.2, 0.25) is 0 Å². The third kappa shape index (κ3) is 3.84. The van der Waals surface area contributed by atoms with Crippen molar-refractivity contribution in [3.63, 3.8) is 0 Å². The molecule has 3 aromatic rings. The lowest BCUT2D eigenvalue weighted by Crippen LogP contribution is -2.45. The van der Waals surface area contributed by atoms with E-state index in [1.165, 1.54) is 0 Å². The molecule has 0 unspecified atom stereocenters. The molecule has 1 aromatic heterocycles. The topological polar surface area (TPSA) is 98.8 Å². The van der Waals surface area contributed by atoms with E-state index >= 15 is 0 Å². The smallest absolute Gasteiger partial charge is 0.262 e. The Morgan fingerprint density at radius 3 is 2.57 bits per heavy atom. The maximum absolute atomic E-state index is 13.2. The first kappa shape index (κ1) is 19.8. The summed E-state index contributed by atoms with van der Waals surface area (Å²) < 4.78 is 1.56. The van der Waals surface area contributed by atoms with Crippen LogP contribution in [0.25, 0.3) is 16.5 Å². The number of nitrogens with two attached hydrogens (primary N) is 1. The highest BCUT2D eigenvalue weighted by molar-refractivity contribution is 5.85. The summed E-state index contributed by atoms with van der Waals surface area (Å²) in [5.41, 5.74) is 8.01. The predicted octanol–water partition coefficient (Wildman–Crippen LogP) is 2.72. The van der Waals surface area contributed by atoms with Crippen LogP contribution in [0.3, 0.4) is 0 Å². The molecule has 6 nitrogen and oxygen atoms in total. The highest BCUT2D eigenvalue weighted by atomic mass is 16.1. The summed E-state index contributed by atoms with van der Waals surface area (Å²) in [5.74, 6) is 0. The van der Waals surface area contributed by atoms with E-state index in [-0.39, 0.29) is 17.6 Å². The van der Waals surface area contributed by atoms with Crippen LogP contribution in [0.1, 0.15) is 24.0 Å². The lowest BCUT2D eigenvalue weighted by Gasteiger charge is -2.33. The normalized spacial score (nSPS) is 16.1. The van der Waals surface area contributed by atoms with Crippen molar-refractivity contribution in [1.82, 2.24) is 9.47 Å². The van der Waals surface area contributed by atoms with Crippen LogP contribution in [0.5, 0.6) is 0 Å². The standard InChI is InChI=1S/C24H23N5O/c25-15-17-3-1-5-20(13-17)29-12-9-22-18(4-2-6-23(22)24(29)30)14-21(16-26)28-10-7-19(27)8-11-28/h1-6,9,12-13,19,21H,7-8,10-11,14,27H2/t21-/m0/s1. The molecule has 1 saturated heterocycles. The van der Waals surface area contributed by atoms with Gasteiger partial charge in [0.05, 0.1) is 17.7 Å². The Morgan fingerprint density at radius 1 is 1.07 bits per heavy atom. The molecule has 0 amide bonds. The average Bonchev–Trinajstić information content (AvgIpc) is 2.78. The first-order valence-electron chi connectivity index (χ1n) is 10.1. The fraction of sp³-hybridized carbons (Fsp3) is 0.292. The third-order valence-corrected chi connectivity index (χ3v) is 5.87. The highest BCUT2D eigenvalue weighted by Gasteiger charge is 2.24. The minimum atomic E-state index is -0.238. The molecule has 6 heteroatoms. The number of fused-ring (bicyclic) bond motifs is 1. The van der Waals surface area contributed by atoms with E-state index < -0.39 is 0 Å². The van der Waals surface area contributed by atoms with E-state index in [2.05, 4.69) is 17.0 Å². The average molecular weight is 397 g/mol. The number of benzene rings is 2. The zero-order valence-electron chi connectivity index (χ0n) is 16.7. The molecule has 0 aliphatic carbocycles. The molecule has 4 rings (SSSR count). The number of hydrogen-bond acceptors (Lipinski definition) is 5. The second-order valence-electron chi connectivity index (χ2n) is 7.75. The molecule has 2 heterocycles. The van der Waals surface area contributed by atoms with Gasteiger partial charge in [0.25, 0.3) is 5.56 Å². The zero-order chi connectivity index (χ0) is 21.1. The van der Waals surface area contributed by atoms with Gasteiger partial charge in [-0.15, -0.1) is 0 Å². The number of piperidine rings is 1. The first-order chi connectivity index (χ1) is 14.6. The van der Waals surface area contributed by atoms with Gasteiger partial charge in [0, 0.05) is 42.8 Å². The Kier molecular flexibility index (Phi) is 5.63. The molecule has 1 aliphatic rings. The van der Waals surface area contributed by atoms with Gasteiger partial charge in [0.2, 0.25) is 0 Å². The van der Waals surface area contributed by atoms with Crippen molar-refractivity contribution < 1.29 is 0 Å². The van der Waals surface area contributed by atoms with Crippen molar-refractivity contribution in [2.45, 2.75) is 31.3 Å². The number of hydrogen-bond donors (Lipinski definition) is 1. The largest absolute Gasteiger partial charge is 0.328 e. The number of pyridine rings is 1.